The molecular formula is C22H31N3O2. The Kier molecular flexibility index (Phi) is 6.67. The average Bonchev–Trinajstić information content (AvgIpc) is 2.65. The maximum absolute atomic E-state index is 12.2. The Morgan fingerprint density at radius 3 is 2.96 bits per heavy atom. The van der Waals surface area contributed by atoms with Crippen molar-refractivity contribution in [1.82, 2.24) is 15.2 Å². The SMILES string of the molecule is Cc1ccc2[nH]c(=O)c(CCC(=O)NCCCN3CCCC[C@H]3C)cc2c1. The van der Waals surface area contributed by atoms with Crippen LogP contribution in [0.25, 0.3) is 10.9 Å². The number of fused-ring (bicyclic) bond motifs is 1. The van der Waals surface area contributed by atoms with Crippen LogP contribution in [0.15, 0.2) is 29.1 Å². The van der Waals surface area contributed by atoms with E-state index in [4.69, 9.17) is 0 Å². The fourth-order valence-electron chi connectivity index (χ4n) is 3.89. The average molecular weight is 370 g/mol. The van der Waals surface area contributed by atoms with Crippen LogP contribution in [0.2, 0.25) is 0 Å². The summed E-state index contributed by atoms with van der Waals surface area (Å²) in [5, 5.41) is 4.01. The van der Waals surface area contributed by atoms with Gasteiger partial charge in [0, 0.05) is 36.6 Å². The van der Waals surface area contributed by atoms with Gasteiger partial charge in [0.05, 0.1) is 0 Å². The van der Waals surface area contributed by atoms with Crippen molar-refractivity contribution >= 4 is 16.8 Å². The Balaban J connectivity index is 1.44. The van der Waals surface area contributed by atoms with Crippen molar-refractivity contribution in [2.24, 2.45) is 0 Å². The van der Waals surface area contributed by atoms with Crippen molar-refractivity contribution in [3.63, 3.8) is 0 Å². The van der Waals surface area contributed by atoms with Gasteiger partial charge >= 0.3 is 0 Å². The highest BCUT2D eigenvalue weighted by Crippen LogP contribution is 2.16. The van der Waals surface area contributed by atoms with Crippen molar-refractivity contribution in [3.8, 4) is 0 Å². The Hall–Kier alpha value is -2.14. The summed E-state index contributed by atoms with van der Waals surface area (Å²) >= 11 is 0. The van der Waals surface area contributed by atoms with Crippen LogP contribution < -0.4 is 10.9 Å². The molecule has 27 heavy (non-hydrogen) atoms. The number of H-pyrrole nitrogens is 1. The number of benzene rings is 1. The van der Waals surface area contributed by atoms with Gasteiger partial charge in [-0.05, 0) is 69.7 Å². The predicted molar refractivity (Wildman–Crippen MR) is 110 cm³/mol. The van der Waals surface area contributed by atoms with Crippen LogP contribution >= 0.6 is 0 Å². The van der Waals surface area contributed by atoms with Crippen LogP contribution in [0.4, 0.5) is 0 Å². The van der Waals surface area contributed by atoms with E-state index in [0.29, 0.717) is 31.0 Å². The van der Waals surface area contributed by atoms with E-state index in [0.717, 1.165) is 29.4 Å². The van der Waals surface area contributed by atoms with Gasteiger partial charge in [-0.3, -0.25) is 9.59 Å². The first kappa shape index (κ1) is 19.6. The van der Waals surface area contributed by atoms with E-state index in [1.54, 1.807) is 0 Å². The first-order chi connectivity index (χ1) is 13.0. The minimum atomic E-state index is -0.0989. The number of aromatic nitrogens is 1. The van der Waals surface area contributed by atoms with E-state index in [1.165, 1.54) is 25.8 Å². The molecule has 2 aromatic rings. The van der Waals surface area contributed by atoms with Gasteiger partial charge in [-0.2, -0.15) is 0 Å². The van der Waals surface area contributed by atoms with E-state index in [1.807, 2.05) is 25.1 Å². The van der Waals surface area contributed by atoms with E-state index in [9.17, 15) is 9.59 Å². The van der Waals surface area contributed by atoms with E-state index in [2.05, 4.69) is 28.2 Å². The van der Waals surface area contributed by atoms with Gasteiger partial charge in [0.15, 0.2) is 0 Å². The summed E-state index contributed by atoms with van der Waals surface area (Å²) in [7, 11) is 0. The number of aromatic amines is 1. The molecule has 0 saturated carbocycles. The lowest BCUT2D eigenvalue weighted by Crippen LogP contribution is -2.39. The third kappa shape index (κ3) is 5.42. The molecule has 1 atom stereocenters. The molecule has 0 spiro atoms. The number of hydrogen-bond donors (Lipinski definition) is 2. The summed E-state index contributed by atoms with van der Waals surface area (Å²) in [6, 6.07) is 8.53. The molecule has 1 aliphatic rings. The first-order valence-corrected chi connectivity index (χ1v) is 10.2. The van der Waals surface area contributed by atoms with Crippen LogP contribution in [-0.4, -0.2) is 41.5 Å². The van der Waals surface area contributed by atoms with E-state index < -0.39 is 0 Å². The number of nitrogens with one attached hydrogen (secondary N) is 2. The van der Waals surface area contributed by atoms with Crippen LogP contribution in [0.1, 0.15) is 50.2 Å². The molecule has 0 aliphatic carbocycles. The molecule has 0 unspecified atom stereocenters. The van der Waals surface area contributed by atoms with Gasteiger partial charge in [-0.1, -0.05) is 18.1 Å². The molecule has 1 saturated heterocycles. The van der Waals surface area contributed by atoms with Crippen molar-refractivity contribution < 1.29 is 4.79 Å². The summed E-state index contributed by atoms with van der Waals surface area (Å²) in [5.41, 5.74) is 2.57. The molecule has 146 valence electrons. The number of piperidine rings is 1. The highest BCUT2D eigenvalue weighted by atomic mass is 16.1. The van der Waals surface area contributed by atoms with E-state index >= 15 is 0 Å². The lowest BCUT2D eigenvalue weighted by molar-refractivity contribution is -0.121. The maximum Gasteiger partial charge on any atom is 0.251 e. The second kappa shape index (κ2) is 9.18. The molecule has 1 fully saturated rings. The molecule has 1 amide bonds. The number of carbonyl (C=O) groups excluding carboxylic acids is 1. The number of hydrogen-bond acceptors (Lipinski definition) is 3. The van der Waals surface area contributed by atoms with Crippen LogP contribution in [0.5, 0.6) is 0 Å². The number of nitrogens with zero attached hydrogens (tertiary/aromatic N) is 1. The maximum atomic E-state index is 12.2. The number of aryl methyl sites for hydroxylation is 2. The normalized spacial score (nSPS) is 17.9. The summed E-state index contributed by atoms with van der Waals surface area (Å²) in [5.74, 6) is 0.0189. The fourth-order valence-corrected chi connectivity index (χ4v) is 3.89. The number of amides is 1. The molecule has 1 aromatic heterocycles. The Bertz CT molecular complexity index is 843. The molecule has 3 rings (SSSR count). The predicted octanol–water partition coefficient (Wildman–Crippen LogP) is 3.15. The first-order valence-electron chi connectivity index (χ1n) is 10.2. The monoisotopic (exact) mass is 369 g/mol. The van der Waals surface area contributed by atoms with Crippen molar-refractivity contribution in [2.75, 3.05) is 19.6 Å². The lowest BCUT2D eigenvalue weighted by Gasteiger charge is -2.33. The standard InChI is InChI=1S/C22H31N3O2/c1-16-7-9-20-19(14-16)15-18(22(27)24-20)8-10-21(26)23-11-5-13-25-12-4-3-6-17(25)2/h7,9,14-15,17H,3-6,8,10-13H2,1-2H3,(H,23,26)(H,24,27)/t17-/m1/s1. The summed E-state index contributed by atoms with van der Waals surface area (Å²) < 4.78 is 0. The molecule has 5 nitrogen and oxygen atoms in total. The minimum Gasteiger partial charge on any atom is -0.356 e. The number of likely N-dealkylation sites (tertiary alicyclic amines) is 1. The van der Waals surface area contributed by atoms with Gasteiger partial charge in [0.1, 0.15) is 0 Å². The number of rotatable bonds is 7. The fraction of sp³-hybridized carbons (Fsp3) is 0.545. The largest absolute Gasteiger partial charge is 0.356 e. The van der Waals surface area contributed by atoms with Gasteiger partial charge in [-0.15, -0.1) is 0 Å². The highest BCUT2D eigenvalue weighted by molar-refractivity contribution is 5.80. The summed E-state index contributed by atoms with van der Waals surface area (Å²) in [4.78, 5) is 29.8. The Labute approximate surface area is 161 Å². The number of pyridine rings is 1. The molecule has 0 bridgehead atoms. The van der Waals surface area contributed by atoms with E-state index in [-0.39, 0.29) is 11.5 Å². The summed E-state index contributed by atoms with van der Waals surface area (Å²) in [6.45, 7) is 7.25. The zero-order chi connectivity index (χ0) is 19.2. The molecule has 5 heteroatoms. The van der Waals surface area contributed by atoms with Crippen LogP contribution in [-0.2, 0) is 11.2 Å². The Morgan fingerprint density at radius 1 is 1.30 bits per heavy atom. The number of carbonyl (C=O) groups is 1. The molecule has 2 heterocycles. The van der Waals surface area contributed by atoms with Crippen molar-refractivity contribution in [1.29, 1.82) is 0 Å². The Morgan fingerprint density at radius 2 is 2.15 bits per heavy atom. The molecule has 0 radical (unpaired) electrons. The smallest absolute Gasteiger partial charge is 0.251 e. The van der Waals surface area contributed by atoms with Gasteiger partial charge in [0.25, 0.3) is 5.56 Å². The lowest BCUT2D eigenvalue weighted by atomic mass is 10.0. The van der Waals surface area contributed by atoms with Gasteiger partial charge in [-0.25, -0.2) is 0 Å². The van der Waals surface area contributed by atoms with Crippen molar-refractivity contribution in [2.45, 2.75) is 58.4 Å². The topological polar surface area (TPSA) is 65.2 Å². The molecule has 2 N–H and O–H groups in total. The van der Waals surface area contributed by atoms with Gasteiger partial charge in [0.2, 0.25) is 5.91 Å². The zero-order valence-corrected chi connectivity index (χ0v) is 16.5. The third-order valence-electron chi connectivity index (χ3n) is 5.58. The minimum absolute atomic E-state index is 0.0189. The van der Waals surface area contributed by atoms with Crippen LogP contribution in [0.3, 0.4) is 0 Å². The molecule has 1 aliphatic heterocycles. The zero-order valence-electron chi connectivity index (χ0n) is 16.5. The third-order valence-corrected chi connectivity index (χ3v) is 5.58. The van der Waals surface area contributed by atoms with Crippen LogP contribution in [0, 0.1) is 6.92 Å². The second-order valence-electron chi connectivity index (χ2n) is 7.80. The quantitative estimate of drug-likeness (QED) is 0.737. The van der Waals surface area contributed by atoms with Gasteiger partial charge < -0.3 is 15.2 Å². The molecule has 1 aromatic carbocycles. The highest BCUT2D eigenvalue weighted by Gasteiger charge is 2.17. The molecular weight excluding hydrogens is 338 g/mol. The van der Waals surface area contributed by atoms with Crippen molar-refractivity contribution in [3.05, 3.63) is 45.7 Å². The second-order valence-corrected chi connectivity index (χ2v) is 7.80. The summed E-state index contributed by atoms with van der Waals surface area (Å²) in [6.07, 6.45) is 5.70.